The van der Waals surface area contributed by atoms with Gasteiger partial charge < -0.3 is 14.8 Å². The van der Waals surface area contributed by atoms with Gasteiger partial charge in [-0.05, 0) is 18.9 Å². The molecule has 1 aromatic heterocycles. The van der Waals surface area contributed by atoms with Gasteiger partial charge in [0, 0.05) is 0 Å². The minimum atomic E-state index is -0.695. The van der Waals surface area contributed by atoms with Gasteiger partial charge in [-0.2, -0.15) is 0 Å². The maximum atomic E-state index is 12.0. The second-order valence-electron chi connectivity index (χ2n) is 4.85. The van der Waals surface area contributed by atoms with Crippen LogP contribution < -0.4 is 5.32 Å². The molecule has 1 amide bonds. The Hall–Kier alpha value is -1.89. The lowest BCUT2D eigenvalue weighted by molar-refractivity contribution is -0.402. The van der Waals surface area contributed by atoms with Gasteiger partial charge in [0.05, 0.1) is 18.2 Å². The fourth-order valence-corrected chi connectivity index (χ4v) is 2.40. The number of carbonyl (C=O) groups is 1. The van der Waals surface area contributed by atoms with Gasteiger partial charge in [0.1, 0.15) is 4.92 Å². The Bertz CT molecular complexity index is 476. The zero-order valence-electron chi connectivity index (χ0n) is 10.4. The summed E-state index contributed by atoms with van der Waals surface area (Å²) in [5.74, 6) is -1.10. The summed E-state index contributed by atoms with van der Waals surface area (Å²) < 4.78 is 4.85. The third-order valence-electron chi connectivity index (χ3n) is 3.49. The smallest absolute Gasteiger partial charge is 0.395 e. The van der Waals surface area contributed by atoms with E-state index in [0.29, 0.717) is 12.8 Å². The summed E-state index contributed by atoms with van der Waals surface area (Å²) in [5, 5.41) is 22.7. The second kappa shape index (κ2) is 5.40. The number of aliphatic hydroxyl groups is 1. The van der Waals surface area contributed by atoms with Crippen LogP contribution in [0.4, 0.5) is 5.88 Å². The average molecular weight is 268 g/mol. The van der Waals surface area contributed by atoms with E-state index in [1.54, 1.807) is 0 Å². The lowest BCUT2D eigenvalue weighted by Gasteiger charge is -2.36. The summed E-state index contributed by atoms with van der Waals surface area (Å²) in [6.07, 6.45) is 4.39. The van der Waals surface area contributed by atoms with Crippen LogP contribution in [0.2, 0.25) is 0 Å². The van der Waals surface area contributed by atoms with E-state index < -0.39 is 22.3 Å². The van der Waals surface area contributed by atoms with E-state index in [2.05, 4.69) is 5.32 Å². The highest BCUT2D eigenvalue weighted by Gasteiger charge is 2.34. The monoisotopic (exact) mass is 268 g/mol. The van der Waals surface area contributed by atoms with E-state index in [-0.39, 0.29) is 12.4 Å². The van der Waals surface area contributed by atoms with E-state index in [4.69, 9.17) is 4.42 Å². The Labute approximate surface area is 109 Å². The third-order valence-corrected chi connectivity index (χ3v) is 3.49. The Kier molecular flexibility index (Phi) is 3.84. The van der Waals surface area contributed by atoms with Crippen LogP contribution in [-0.4, -0.2) is 28.1 Å². The quantitative estimate of drug-likeness (QED) is 0.637. The first kappa shape index (κ1) is 13.5. The number of hydrogen-bond donors (Lipinski definition) is 2. The van der Waals surface area contributed by atoms with Gasteiger partial charge >= 0.3 is 5.88 Å². The van der Waals surface area contributed by atoms with E-state index in [1.165, 1.54) is 6.07 Å². The van der Waals surface area contributed by atoms with Crippen molar-refractivity contribution in [3.63, 3.8) is 0 Å². The summed E-state index contributed by atoms with van der Waals surface area (Å²) >= 11 is 0. The van der Waals surface area contributed by atoms with Crippen LogP contribution in [0.3, 0.4) is 0 Å². The van der Waals surface area contributed by atoms with Crippen LogP contribution in [0.5, 0.6) is 0 Å². The highest BCUT2D eigenvalue weighted by molar-refractivity contribution is 5.92. The molecule has 0 saturated heterocycles. The summed E-state index contributed by atoms with van der Waals surface area (Å²) in [6.45, 7) is -0.137. The molecule has 2 N–H and O–H groups in total. The summed E-state index contributed by atoms with van der Waals surface area (Å²) in [5.41, 5.74) is -0.628. The second-order valence-corrected chi connectivity index (χ2v) is 4.85. The zero-order valence-corrected chi connectivity index (χ0v) is 10.4. The average Bonchev–Trinajstić information content (AvgIpc) is 2.89. The molecule has 0 spiro atoms. The van der Waals surface area contributed by atoms with Crippen molar-refractivity contribution in [3.8, 4) is 0 Å². The molecule has 1 saturated carbocycles. The number of rotatable bonds is 4. The Balaban J connectivity index is 2.08. The van der Waals surface area contributed by atoms with E-state index in [9.17, 15) is 20.0 Å². The van der Waals surface area contributed by atoms with Gasteiger partial charge in [-0.15, -0.1) is 0 Å². The van der Waals surface area contributed by atoms with Crippen LogP contribution in [0.15, 0.2) is 16.5 Å². The predicted molar refractivity (Wildman–Crippen MR) is 65.7 cm³/mol. The standard InChI is InChI=1S/C12H16N2O5/c15-8-12(6-2-1-3-7-12)13-11(16)9-4-5-10(19-9)14(17)18/h4-5,15H,1-3,6-8H2,(H,13,16). The van der Waals surface area contributed by atoms with E-state index >= 15 is 0 Å². The van der Waals surface area contributed by atoms with Gasteiger partial charge in [-0.3, -0.25) is 14.9 Å². The summed E-state index contributed by atoms with van der Waals surface area (Å²) in [6, 6.07) is 2.41. The molecule has 19 heavy (non-hydrogen) atoms. The van der Waals surface area contributed by atoms with E-state index in [1.807, 2.05) is 0 Å². The van der Waals surface area contributed by atoms with Crippen LogP contribution in [0.25, 0.3) is 0 Å². The highest BCUT2D eigenvalue weighted by Crippen LogP contribution is 2.28. The fourth-order valence-electron chi connectivity index (χ4n) is 2.40. The first-order valence-electron chi connectivity index (χ1n) is 6.24. The number of aliphatic hydroxyl groups excluding tert-OH is 1. The van der Waals surface area contributed by atoms with Crippen molar-refractivity contribution >= 4 is 11.8 Å². The topological polar surface area (TPSA) is 106 Å². The largest absolute Gasteiger partial charge is 0.433 e. The molecule has 0 atom stereocenters. The van der Waals surface area contributed by atoms with Crippen molar-refractivity contribution in [3.05, 3.63) is 28.0 Å². The Morgan fingerprint density at radius 3 is 2.63 bits per heavy atom. The molecule has 2 rings (SSSR count). The molecular formula is C12H16N2O5. The van der Waals surface area contributed by atoms with Crippen LogP contribution in [0, 0.1) is 10.1 Å². The number of nitrogens with zero attached hydrogens (tertiary/aromatic N) is 1. The van der Waals surface area contributed by atoms with Crippen molar-refractivity contribution < 1.29 is 19.2 Å². The summed E-state index contributed by atoms with van der Waals surface area (Å²) in [4.78, 5) is 21.8. The van der Waals surface area contributed by atoms with Crippen molar-refractivity contribution in [1.29, 1.82) is 0 Å². The number of furan rings is 1. The van der Waals surface area contributed by atoms with Crippen molar-refractivity contribution in [2.75, 3.05) is 6.61 Å². The van der Waals surface area contributed by atoms with Gasteiger partial charge in [0.25, 0.3) is 5.91 Å². The molecular weight excluding hydrogens is 252 g/mol. The number of nitro groups is 1. The van der Waals surface area contributed by atoms with Gasteiger partial charge in [-0.1, -0.05) is 19.3 Å². The van der Waals surface area contributed by atoms with Crippen molar-refractivity contribution in [1.82, 2.24) is 5.32 Å². The number of carbonyl (C=O) groups excluding carboxylic acids is 1. The van der Waals surface area contributed by atoms with Gasteiger partial charge in [0.2, 0.25) is 0 Å². The minimum Gasteiger partial charge on any atom is -0.395 e. The summed E-state index contributed by atoms with van der Waals surface area (Å²) in [7, 11) is 0. The molecule has 1 fully saturated rings. The lowest BCUT2D eigenvalue weighted by atomic mass is 9.82. The highest BCUT2D eigenvalue weighted by atomic mass is 16.6. The first-order valence-corrected chi connectivity index (χ1v) is 6.24. The maximum Gasteiger partial charge on any atom is 0.433 e. The van der Waals surface area contributed by atoms with Crippen molar-refractivity contribution in [2.24, 2.45) is 0 Å². The number of nitrogens with one attached hydrogen (secondary N) is 1. The predicted octanol–water partition coefficient (Wildman–Crippen LogP) is 1.61. The van der Waals surface area contributed by atoms with Gasteiger partial charge in [0.15, 0.2) is 5.76 Å². The van der Waals surface area contributed by atoms with Crippen LogP contribution >= 0.6 is 0 Å². The molecule has 0 aromatic carbocycles. The molecule has 7 nitrogen and oxygen atoms in total. The molecule has 0 unspecified atom stereocenters. The molecule has 7 heteroatoms. The molecule has 0 radical (unpaired) electrons. The molecule has 1 heterocycles. The Morgan fingerprint density at radius 2 is 2.11 bits per heavy atom. The normalized spacial score (nSPS) is 17.9. The van der Waals surface area contributed by atoms with Crippen LogP contribution in [0.1, 0.15) is 42.7 Å². The number of amides is 1. The maximum absolute atomic E-state index is 12.0. The van der Waals surface area contributed by atoms with Crippen molar-refractivity contribution in [2.45, 2.75) is 37.6 Å². The molecule has 0 bridgehead atoms. The lowest BCUT2D eigenvalue weighted by Crippen LogP contribution is -2.52. The number of hydrogen-bond acceptors (Lipinski definition) is 5. The molecule has 1 aliphatic rings. The Morgan fingerprint density at radius 1 is 1.42 bits per heavy atom. The van der Waals surface area contributed by atoms with Crippen LogP contribution in [-0.2, 0) is 0 Å². The minimum absolute atomic E-state index is 0.106. The van der Waals surface area contributed by atoms with E-state index in [0.717, 1.165) is 25.3 Å². The molecule has 0 aliphatic heterocycles. The zero-order chi connectivity index (χ0) is 13.9. The fraction of sp³-hybridized carbons (Fsp3) is 0.583. The third kappa shape index (κ3) is 2.93. The SMILES string of the molecule is O=C(NC1(CO)CCCCC1)c1ccc([N+](=O)[O-])o1. The first-order chi connectivity index (χ1) is 9.06. The van der Waals surface area contributed by atoms with Gasteiger partial charge in [-0.25, -0.2) is 0 Å². The molecule has 1 aromatic rings. The molecule has 104 valence electrons. The molecule has 1 aliphatic carbocycles.